The van der Waals surface area contributed by atoms with E-state index >= 15 is 0 Å². The van der Waals surface area contributed by atoms with Crippen molar-refractivity contribution in [3.63, 3.8) is 0 Å². The number of phenols is 1. The van der Waals surface area contributed by atoms with Gasteiger partial charge in [0.15, 0.2) is 0 Å². The zero-order valence-corrected chi connectivity index (χ0v) is 15.3. The van der Waals surface area contributed by atoms with Crippen molar-refractivity contribution < 1.29 is 9.90 Å². The van der Waals surface area contributed by atoms with Crippen molar-refractivity contribution in [2.75, 3.05) is 0 Å². The summed E-state index contributed by atoms with van der Waals surface area (Å²) in [6, 6.07) is 19.4. The Hall–Kier alpha value is -3.14. The molecule has 1 unspecified atom stereocenters. The van der Waals surface area contributed by atoms with E-state index in [1.807, 2.05) is 48.5 Å². The van der Waals surface area contributed by atoms with Crippen LogP contribution in [0.25, 0.3) is 10.8 Å². The Kier molecular flexibility index (Phi) is 4.63. The summed E-state index contributed by atoms with van der Waals surface area (Å²) < 4.78 is 0. The van der Waals surface area contributed by atoms with Crippen LogP contribution in [-0.4, -0.2) is 16.7 Å². The molecular weight excluding hydrogens is 336 g/mol. The van der Waals surface area contributed by atoms with Crippen LogP contribution in [0.4, 0.5) is 0 Å². The molecule has 3 aromatic rings. The number of nitrogens with zero attached hydrogens (tertiary/aromatic N) is 1. The molecule has 3 aromatic carbocycles. The number of aromatic hydroxyl groups is 1. The molecule has 136 valence electrons. The smallest absolute Gasteiger partial charge is 0.244 e. The van der Waals surface area contributed by atoms with E-state index in [4.69, 9.17) is 0 Å². The first-order valence-corrected chi connectivity index (χ1v) is 9.24. The van der Waals surface area contributed by atoms with Gasteiger partial charge >= 0.3 is 0 Å². The molecular formula is C23H22N2O2. The third-order valence-electron chi connectivity index (χ3n) is 5.06. The number of carbonyl (C=O) groups excluding carboxylic acids is 1. The lowest BCUT2D eigenvalue weighted by molar-refractivity contribution is -0.120. The average Bonchev–Trinajstić information content (AvgIpc) is 2.66. The van der Waals surface area contributed by atoms with Crippen molar-refractivity contribution in [1.29, 1.82) is 0 Å². The Morgan fingerprint density at radius 1 is 1.11 bits per heavy atom. The third-order valence-corrected chi connectivity index (χ3v) is 5.06. The molecule has 1 amide bonds. The first kappa shape index (κ1) is 17.3. The van der Waals surface area contributed by atoms with Crippen molar-refractivity contribution in [3.05, 3.63) is 77.4 Å². The van der Waals surface area contributed by atoms with Crippen LogP contribution < -0.4 is 5.43 Å². The van der Waals surface area contributed by atoms with E-state index in [0.29, 0.717) is 5.92 Å². The van der Waals surface area contributed by atoms with Crippen LogP contribution in [0.15, 0.2) is 65.8 Å². The zero-order valence-electron chi connectivity index (χ0n) is 15.3. The number of phenolic OH excluding ortho intramolecular Hbond substituents is 1. The predicted octanol–water partition coefficient (Wildman–Crippen LogP) is 4.19. The van der Waals surface area contributed by atoms with Crippen molar-refractivity contribution in [2.24, 2.45) is 11.0 Å². The third kappa shape index (κ3) is 3.70. The zero-order chi connectivity index (χ0) is 18.8. The number of nitrogens with one attached hydrogen (secondary N) is 1. The van der Waals surface area contributed by atoms with Crippen molar-refractivity contribution in [1.82, 2.24) is 5.43 Å². The molecule has 4 rings (SSSR count). The minimum absolute atomic E-state index is 0.127. The van der Waals surface area contributed by atoms with Gasteiger partial charge in [0.25, 0.3) is 0 Å². The number of fused-ring (bicyclic) bond motifs is 2. The van der Waals surface area contributed by atoms with Gasteiger partial charge in [0, 0.05) is 5.56 Å². The number of carbonyl (C=O) groups is 1. The van der Waals surface area contributed by atoms with Crippen LogP contribution in [0, 0.1) is 5.92 Å². The number of rotatable bonds is 3. The molecule has 0 aromatic heterocycles. The molecule has 0 saturated heterocycles. The summed E-state index contributed by atoms with van der Waals surface area (Å²) in [5.41, 5.74) is 6.68. The second-order valence-corrected chi connectivity index (χ2v) is 7.26. The van der Waals surface area contributed by atoms with Gasteiger partial charge in [0.2, 0.25) is 5.91 Å². The first-order chi connectivity index (χ1) is 13.1. The van der Waals surface area contributed by atoms with Gasteiger partial charge in [-0.15, -0.1) is 0 Å². The van der Waals surface area contributed by atoms with E-state index in [9.17, 15) is 9.90 Å². The first-order valence-electron chi connectivity index (χ1n) is 9.24. The van der Waals surface area contributed by atoms with Gasteiger partial charge in [-0.25, -0.2) is 5.43 Å². The summed E-state index contributed by atoms with van der Waals surface area (Å²) in [5, 5.41) is 16.4. The Morgan fingerprint density at radius 3 is 2.81 bits per heavy atom. The molecule has 0 aliphatic heterocycles. The summed E-state index contributed by atoms with van der Waals surface area (Å²) in [4.78, 5) is 12.5. The molecule has 4 heteroatoms. The monoisotopic (exact) mass is 358 g/mol. The highest BCUT2D eigenvalue weighted by molar-refractivity contribution is 6.03. The molecule has 0 heterocycles. The van der Waals surface area contributed by atoms with Gasteiger partial charge in [-0.2, -0.15) is 5.10 Å². The fraction of sp³-hybridized carbons (Fsp3) is 0.217. The van der Waals surface area contributed by atoms with Gasteiger partial charge in [-0.1, -0.05) is 49.4 Å². The lowest BCUT2D eigenvalue weighted by Gasteiger charge is -2.23. The molecule has 0 bridgehead atoms. The van der Waals surface area contributed by atoms with Crippen LogP contribution in [0.1, 0.15) is 30.0 Å². The van der Waals surface area contributed by atoms with E-state index < -0.39 is 0 Å². The summed E-state index contributed by atoms with van der Waals surface area (Å²) >= 11 is 0. The summed E-state index contributed by atoms with van der Waals surface area (Å²) in [6.07, 6.45) is 2.01. The normalized spacial score (nSPS) is 17.7. The standard InChI is InChI=1S/C23H22N2O2/c1-15-11-18-13-19(26)9-10-21(18)22(12-15)24-25-23(27)14-17-7-4-6-16-5-2-3-8-20(16)17/h2-10,13,15,26H,11-12,14H2,1H3,(H,25,27)/b24-22+. The molecule has 4 nitrogen and oxygen atoms in total. The van der Waals surface area contributed by atoms with Crippen LogP contribution in [0.3, 0.4) is 0 Å². The lowest BCUT2D eigenvalue weighted by atomic mass is 9.83. The maximum absolute atomic E-state index is 12.5. The molecule has 2 N–H and O–H groups in total. The van der Waals surface area contributed by atoms with E-state index in [1.165, 1.54) is 0 Å². The van der Waals surface area contributed by atoms with Crippen LogP contribution in [0.2, 0.25) is 0 Å². The van der Waals surface area contributed by atoms with E-state index in [0.717, 1.165) is 46.0 Å². The van der Waals surface area contributed by atoms with Gasteiger partial charge < -0.3 is 5.11 Å². The van der Waals surface area contributed by atoms with Gasteiger partial charge in [0.05, 0.1) is 12.1 Å². The van der Waals surface area contributed by atoms with E-state index in [-0.39, 0.29) is 18.1 Å². The number of hydrogen-bond donors (Lipinski definition) is 2. The quantitative estimate of drug-likeness (QED) is 0.690. The molecule has 0 spiro atoms. The fourth-order valence-electron chi connectivity index (χ4n) is 3.81. The Balaban J connectivity index is 1.54. The fourth-order valence-corrected chi connectivity index (χ4v) is 3.81. The minimum atomic E-state index is -0.127. The SMILES string of the molecule is CC1C/C(=N\NC(=O)Cc2cccc3ccccc23)c2ccc(O)cc2C1. The highest BCUT2D eigenvalue weighted by atomic mass is 16.3. The summed E-state index contributed by atoms with van der Waals surface area (Å²) in [7, 11) is 0. The van der Waals surface area contributed by atoms with Crippen molar-refractivity contribution in [2.45, 2.75) is 26.2 Å². The highest BCUT2D eigenvalue weighted by Gasteiger charge is 2.21. The topological polar surface area (TPSA) is 61.7 Å². The largest absolute Gasteiger partial charge is 0.508 e. The predicted molar refractivity (Wildman–Crippen MR) is 108 cm³/mol. The molecule has 1 atom stereocenters. The Bertz CT molecular complexity index is 1030. The summed E-state index contributed by atoms with van der Waals surface area (Å²) in [6.45, 7) is 2.15. The molecule has 0 radical (unpaired) electrons. The van der Waals surface area contributed by atoms with Crippen LogP contribution in [-0.2, 0) is 17.6 Å². The van der Waals surface area contributed by atoms with E-state index in [1.54, 1.807) is 12.1 Å². The number of hydrazone groups is 1. The maximum atomic E-state index is 12.5. The van der Waals surface area contributed by atoms with Crippen molar-refractivity contribution in [3.8, 4) is 5.75 Å². The van der Waals surface area contributed by atoms with Crippen LogP contribution in [0.5, 0.6) is 5.75 Å². The molecule has 1 aliphatic rings. The van der Waals surface area contributed by atoms with E-state index in [2.05, 4.69) is 17.5 Å². The maximum Gasteiger partial charge on any atom is 0.244 e. The second kappa shape index (κ2) is 7.23. The second-order valence-electron chi connectivity index (χ2n) is 7.26. The molecule has 0 saturated carbocycles. The van der Waals surface area contributed by atoms with Gasteiger partial charge in [-0.3, -0.25) is 4.79 Å². The van der Waals surface area contributed by atoms with Gasteiger partial charge in [-0.05, 0) is 58.9 Å². The number of hydrogen-bond acceptors (Lipinski definition) is 3. The molecule has 1 aliphatic carbocycles. The number of amides is 1. The van der Waals surface area contributed by atoms with Crippen LogP contribution >= 0.6 is 0 Å². The highest BCUT2D eigenvalue weighted by Crippen LogP contribution is 2.28. The Morgan fingerprint density at radius 2 is 1.93 bits per heavy atom. The molecule has 27 heavy (non-hydrogen) atoms. The summed E-state index contributed by atoms with van der Waals surface area (Å²) in [5.74, 6) is 0.563. The Labute approximate surface area is 158 Å². The van der Waals surface area contributed by atoms with Crippen molar-refractivity contribution >= 4 is 22.4 Å². The molecule has 0 fully saturated rings. The number of benzene rings is 3. The average molecular weight is 358 g/mol. The lowest BCUT2D eigenvalue weighted by Crippen LogP contribution is -2.25. The minimum Gasteiger partial charge on any atom is -0.508 e. The van der Waals surface area contributed by atoms with Gasteiger partial charge in [0.1, 0.15) is 5.75 Å².